The summed E-state index contributed by atoms with van der Waals surface area (Å²) >= 11 is 0. The van der Waals surface area contributed by atoms with Gasteiger partial charge in [0.05, 0.1) is 0 Å². The Balaban J connectivity index is 2.38. The van der Waals surface area contributed by atoms with Gasteiger partial charge >= 0.3 is 0 Å². The maximum absolute atomic E-state index is 6.09. The Morgan fingerprint density at radius 1 is 1.45 bits per heavy atom. The Kier molecular flexibility index (Phi) is 1.26. The van der Waals surface area contributed by atoms with Crippen molar-refractivity contribution in [3.8, 4) is 0 Å². The summed E-state index contributed by atoms with van der Waals surface area (Å²) < 4.78 is 0. The molecule has 2 aliphatic carbocycles. The predicted molar refractivity (Wildman–Crippen MR) is 47.1 cm³/mol. The first-order chi connectivity index (χ1) is 5.05. The first kappa shape index (κ1) is 7.35. The van der Waals surface area contributed by atoms with Gasteiger partial charge in [0.2, 0.25) is 0 Å². The Bertz CT molecular complexity index is 205. The van der Waals surface area contributed by atoms with Gasteiger partial charge in [0.15, 0.2) is 0 Å². The fourth-order valence-electron chi connectivity index (χ4n) is 2.99. The Morgan fingerprint density at radius 3 is 2.36 bits per heavy atom. The van der Waals surface area contributed by atoms with E-state index in [9.17, 15) is 0 Å². The van der Waals surface area contributed by atoms with Crippen molar-refractivity contribution in [2.75, 3.05) is 0 Å². The van der Waals surface area contributed by atoms with Crippen LogP contribution < -0.4 is 5.73 Å². The maximum Gasteiger partial charge on any atom is 0.0141 e. The minimum absolute atomic E-state index is 0.322. The molecule has 2 fully saturated rings. The average molecular weight is 151 g/mol. The van der Waals surface area contributed by atoms with E-state index < -0.39 is 0 Å². The summed E-state index contributed by atoms with van der Waals surface area (Å²) in [5.41, 5.74) is 7.82. The van der Waals surface area contributed by atoms with Crippen molar-refractivity contribution in [3.05, 3.63) is 12.2 Å². The lowest BCUT2D eigenvalue weighted by atomic mass is 9.73. The van der Waals surface area contributed by atoms with Crippen LogP contribution in [0.2, 0.25) is 0 Å². The van der Waals surface area contributed by atoms with E-state index >= 15 is 0 Å². The zero-order valence-electron chi connectivity index (χ0n) is 7.43. The van der Waals surface area contributed by atoms with Crippen LogP contribution in [0.4, 0.5) is 0 Å². The molecule has 0 heterocycles. The van der Waals surface area contributed by atoms with Gasteiger partial charge in [-0.05, 0) is 30.1 Å². The molecule has 0 aromatic carbocycles. The van der Waals surface area contributed by atoms with Crippen molar-refractivity contribution in [1.29, 1.82) is 0 Å². The van der Waals surface area contributed by atoms with E-state index in [1.807, 2.05) is 0 Å². The van der Waals surface area contributed by atoms with Crippen LogP contribution >= 0.6 is 0 Å². The molecule has 1 unspecified atom stereocenters. The lowest BCUT2D eigenvalue weighted by Gasteiger charge is -2.31. The molecule has 11 heavy (non-hydrogen) atoms. The van der Waals surface area contributed by atoms with Crippen molar-refractivity contribution in [2.24, 2.45) is 23.0 Å². The molecule has 2 saturated carbocycles. The van der Waals surface area contributed by atoms with Crippen molar-refractivity contribution < 1.29 is 0 Å². The zero-order valence-corrected chi connectivity index (χ0v) is 7.43. The van der Waals surface area contributed by atoms with E-state index in [-0.39, 0.29) is 0 Å². The molecule has 0 spiro atoms. The summed E-state index contributed by atoms with van der Waals surface area (Å²) in [5.74, 6) is 1.34. The standard InChI is InChI=1S/C10H17N/c1-6-7-4-5-8(9(7)11)10(6,2)3/h7-9H,1,4-5,11H2,2-3H3/t7-,8-,9?/m1/s1. The third kappa shape index (κ3) is 0.698. The molecule has 1 nitrogen and oxygen atoms in total. The van der Waals surface area contributed by atoms with E-state index in [4.69, 9.17) is 5.73 Å². The molecule has 1 heteroatoms. The number of nitrogens with two attached hydrogens (primary N) is 1. The average Bonchev–Trinajstić information content (AvgIpc) is 2.34. The van der Waals surface area contributed by atoms with Crippen molar-refractivity contribution in [1.82, 2.24) is 0 Å². The topological polar surface area (TPSA) is 26.0 Å². The molecule has 62 valence electrons. The summed E-state index contributed by atoms with van der Waals surface area (Å²) in [6.45, 7) is 8.74. The van der Waals surface area contributed by atoms with Crippen LogP contribution in [0.25, 0.3) is 0 Å². The lowest BCUT2D eigenvalue weighted by Crippen LogP contribution is -2.29. The summed E-state index contributed by atoms with van der Waals surface area (Å²) in [5, 5.41) is 0. The number of hydrogen-bond acceptors (Lipinski definition) is 1. The zero-order chi connectivity index (χ0) is 8.22. The van der Waals surface area contributed by atoms with Crippen LogP contribution in [0, 0.1) is 17.3 Å². The minimum Gasteiger partial charge on any atom is -0.327 e. The molecule has 2 aliphatic rings. The molecule has 0 radical (unpaired) electrons. The van der Waals surface area contributed by atoms with Gasteiger partial charge in [-0.25, -0.2) is 0 Å². The van der Waals surface area contributed by atoms with E-state index in [0.717, 1.165) is 0 Å². The van der Waals surface area contributed by atoms with Gasteiger partial charge in [0, 0.05) is 6.04 Å². The highest BCUT2D eigenvalue weighted by molar-refractivity contribution is 5.27. The first-order valence-corrected chi connectivity index (χ1v) is 4.50. The molecule has 0 aromatic rings. The molecular formula is C10H17N. The highest BCUT2D eigenvalue weighted by atomic mass is 14.8. The summed E-state index contributed by atoms with van der Waals surface area (Å²) in [6.07, 6.45) is 2.60. The number of fused-ring (bicyclic) bond motifs is 2. The molecule has 0 aliphatic heterocycles. The van der Waals surface area contributed by atoms with Crippen LogP contribution in [0.15, 0.2) is 12.2 Å². The van der Waals surface area contributed by atoms with Crippen LogP contribution in [0.5, 0.6) is 0 Å². The fourth-order valence-corrected chi connectivity index (χ4v) is 2.99. The van der Waals surface area contributed by atoms with Crippen LogP contribution in [0.3, 0.4) is 0 Å². The monoisotopic (exact) mass is 151 g/mol. The fraction of sp³-hybridized carbons (Fsp3) is 0.800. The van der Waals surface area contributed by atoms with Crippen molar-refractivity contribution >= 4 is 0 Å². The molecular weight excluding hydrogens is 134 g/mol. The normalized spacial score (nSPS) is 46.8. The SMILES string of the molecule is C=C1[C@H]2CC[C@H](C2N)C1(C)C. The second-order valence-corrected chi connectivity index (χ2v) is 4.61. The third-order valence-electron chi connectivity index (χ3n) is 3.92. The molecule has 0 saturated heterocycles. The van der Waals surface area contributed by atoms with Gasteiger partial charge in [-0.1, -0.05) is 26.0 Å². The summed E-state index contributed by atoms with van der Waals surface area (Å²) in [7, 11) is 0. The number of rotatable bonds is 0. The van der Waals surface area contributed by atoms with Gasteiger partial charge < -0.3 is 5.73 Å². The maximum atomic E-state index is 6.09. The Hall–Kier alpha value is -0.300. The van der Waals surface area contributed by atoms with Gasteiger partial charge in [-0.3, -0.25) is 0 Å². The summed E-state index contributed by atoms with van der Waals surface area (Å²) in [4.78, 5) is 0. The quantitative estimate of drug-likeness (QED) is 0.526. The summed E-state index contributed by atoms with van der Waals surface area (Å²) in [6, 6.07) is 0.414. The predicted octanol–water partition coefficient (Wildman–Crippen LogP) is 1.94. The lowest BCUT2D eigenvalue weighted by molar-refractivity contribution is 0.277. The smallest absolute Gasteiger partial charge is 0.0141 e. The molecule has 3 atom stereocenters. The van der Waals surface area contributed by atoms with Gasteiger partial charge in [-0.2, -0.15) is 0 Å². The highest BCUT2D eigenvalue weighted by Gasteiger charge is 2.53. The van der Waals surface area contributed by atoms with Gasteiger partial charge in [-0.15, -0.1) is 0 Å². The molecule has 0 amide bonds. The highest BCUT2D eigenvalue weighted by Crippen LogP contribution is 2.57. The van der Waals surface area contributed by atoms with Crippen LogP contribution in [-0.4, -0.2) is 6.04 Å². The van der Waals surface area contributed by atoms with Crippen molar-refractivity contribution in [3.63, 3.8) is 0 Å². The first-order valence-electron chi connectivity index (χ1n) is 4.50. The third-order valence-corrected chi connectivity index (χ3v) is 3.92. The Labute approximate surface area is 68.7 Å². The molecule has 2 bridgehead atoms. The molecule has 2 rings (SSSR count). The second kappa shape index (κ2) is 1.89. The van der Waals surface area contributed by atoms with E-state index in [2.05, 4.69) is 20.4 Å². The minimum atomic E-state index is 0.322. The van der Waals surface area contributed by atoms with Gasteiger partial charge in [0.1, 0.15) is 0 Å². The van der Waals surface area contributed by atoms with E-state index in [1.54, 1.807) is 0 Å². The second-order valence-electron chi connectivity index (χ2n) is 4.61. The molecule has 2 N–H and O–H groups in total. The van der Waals surface area contributed by atoms with Crippen molar-refractivity contribution in [2.45, 2.75) is 32.7 Å². The van der Waals surface area contributed by atoms with E-state index in [0.29, 0.717) is 23.3 Å². The Morgan fingerprint density at radius 2 is 2.09 bits per heavy atom. The van der Waals surface area contributed by atoms with Gasteiger partial charge in [0.25, 0.3) is 0 Å². The van der Waals surface area contributed by atoms with Crippen LogP contribution in [0.1, 0.15) is 26.7 Å². The number of hydrogen-bond donors (Lipinski definition) is 1. The van der Waals surface area contributed by atoms with Crippen LogP contribution in [-0.2, 0) is 0 Å². The van der Waals surface area contributed by atoms with E-state index in [1.165, 1.54) is 18.4 Å². The largest absolute Gasteiger partial charge is 0.327 e. The molecule has 0 aromatic heterocycles.